The monoisotopic (exact) mass is 261 g/mol. The highest BCUT2D eigenvalue weighted by Gasteiger charge is 2.09. The minimum atomic E-state index is -3.18. The van der Waals surface area contributed by atoms with Gasteiger partial charge in [0.2, 0.25) is 10.0 Å². The summed E-state index contributed by atoms with van der Waals surface area (Å²) in [5.41, 5.74) is 5.31. The molecule has 1 heterocycles. The summed E-state index contributed by atoms with van der Waals surface area (Å²) < 4.78 is 27.3. The number of aromatic nitrogens is 3. The third kappa shape index (κ3) is 5.24. The van der Waals surface area contributed by atoms with E-state index in [1.165, 1.54) is 0 Å². The molecule has 0 spiro atoms. The molecule has 1 rings (SSSR count). The average Bonchev–Trinajstić information content (AvgIpc) is 2.64. The quantitative estimate of drug-likeness (QED) is 0.585. The Labute approximate surface area is 101 Å². The maximum Gasteiger partial charge on any atom is 0.211 e. The summed E-state index contributed by atoms with van der Waals surface area (Å²) in [7, 11) is -1.36. The number of rotatable bonds is 8. The van der Waals surface area contributed by atoms with Crippen molar-refractivity contribution < 1.29 is 8.42 Å². The summed E-state index contributed by atoms with van der Waals surface area (Å²) in [6.07, 6.45) is 3.44. The predicted octanol–water partition coefficient (Wildman–Crippen LogP) is -0.984. The van der Waals surface area contributed by atoms with E-state index in [0.717, 1.165) is 12.2 Å². The van der Waals surface area contributed by atoms with Gasteiger partial charge in [-0.3, -0.25) is 0 Å². The van der Waals surface area contributed by atoms with Gasteiger partial charge in [0.1, 0.15) is 12.2 Å². The first-order valence-electron chi connectivity index (χ1n) is 5.55. The molecule has 1 aromatic heterocycles. The van der Waals surface area contributed by atoms with E-state index in [-0.39, 0.29) is 5.75 Å². The standard InChI is InChI=1S/C9H19N5O2S/c1-14-8-11-13-9(14)4-6-12-17(15,16)7-3-2-5-10/h8,12H,2-7,10H2,1H3. The fourth-order valence-corrected chi connectivity index (χ4v) is 2.50. The van der Waals surface area contributed by atoms with Crippen molar-refractivity contribution >= 4 is 10.0 Å². The number of aryl methyl sites for hydroxylation is 1. The molecule has 0 saturated carbocycles. The third-order valence-electron chi connectivity index (χ3n) is 2.34. The summed E-state index contributed by atoms with van der Waals surface area (Å²) >= 11 is 0. The van der Waals surface area contributed by atoms with Crippen LogP contribution >= 0.6 is 0 Å². The van der Waals surface area contributed by atoms with Crippen LogP contribution in [0.4, 0.5) is 0 Å². The Morgan fingerprint density at radius 3 is 2.82 bits per heavy atom. The van der Waals surface area contributed by atoms with Crippen LogP contribution in [0.3, 0.4) is 0 Å². The molecule has 0 unspecified atom stereocenters. The molecule has 8 heteroatoms. The number of nitrogens with two attached hydrogens (primary N) is 1. The van der Waals surface area contributed by atoms with Crippen LogP contribution in [-0.2, 0) is 23.5 Å². The van der Waals surface area contributed by atoms with Gasteiger partial charge in [0, 0.05) is 20.0 Å². The Morgan fingerprint density at radius 2 is 2.24 bits per heavy atom. The highest BCUT2D eigenvalue weighted by atomic mass is 32.2. The van der Waals surface area contributed by atoms with Gasteiger partial charge in [-0.1, -0.05) is 0 Å². The van der Waals surface area contributed by atoms with Gasteiger partial charge < -0.3 is 10.3 Å². The number of nitrogens with one attached hydrogen (secondary N) is 1. The number of sulfonamides is 1. The van der Waals surface area contributed by atoms with Crippen LogP contribution in [0.25, 0.3) is 0 Å². The largest absolute Gasteiger partial charge is 0.330 e. The minimum absolute atomic E-state index is 0.128. The lowest BCUT2D eigenvalue weighted by molar-refractivity contribution is 0.576. The lowest BCUT2D eigenvalue weighted by Crippen LogP contribution is -2.29. The molecule has 3 N–H and O–H groups in total. The lowest BCUT2D eigenvalue weighted by Gasteiger charge is -2.05. The number of hydrogen-bond acceptors (Lipinski definition) is 5. The maximum atomic E-state index is 11.5. The molecule has 0 saturated heterocycles. The second-order valence-electron chi connectivity index (χ2n) is 3.82. The van der Waals surface area contributed by atoms with Gasteiger partial charge in [-0.2, -0.15) is 0 Å². The van der Waals surface area contributed by atoms with Crippen LogP contribution in [0.2, 0.25) is 0 Å². The van der Waals surface area contributed by atoms with Crippen LogP contribution in [0.5, 0.6) is 0 Å². The number of hydrogen-bond donors (Lipinski definition) is 2. The fourth-order valence-electron chi connectivity index (χ4n) is 1.36. The molecule has 0 aliphatic carbocycles. The molecule has 0 bridgehead atoms. The molecule has 0 aliphatic rings. The first-order valence-corrected chi connectivity index (χ1v) is 7.20. The van der Waals surface area contributed by atoms with Gasteiger partial charge in [-0.25, -0.2) is 13.1 Å². The van der Waals surface area contributed by atoms with Crippen LogP contribution in [0.1, 0.15) is 18.7 Å². The minimum Gasteiger partial charge on any atom is -0.330 e. The topological polar surface area (TPSA) is 103 Å². The summed E-state index contributed by atoms with van der Waals surface area (Å²) in [6.45, 7) is 0.867. The Hall–Kier alpha value is -0.990. The zero-order valence-electron chi connectivity index (χ0n) is 9.96. The van der Waals surface area contributed by atoms with Crippen molar-refractivity contribution in [3.63, 3.8) is 0 Å². The first-order chi connectivity index (χ1) is 8.05. The van der Waals surface area contributed by atoms with Crippen LogP contribution in [0.15, 0.2) is 6.33 Å². The van der Waals surface area contributed by atoms with Gasteiger partial charge in [-0.15, -0.1) is 10.2 Å². The molecule has 98 valence electrons. The van der Waals surface area contributed by atoms with Gasteiger partial charge in [0.15, 0.2) is 0 Å². The Kier molecular flexibility index (Phi) is 5.52. The van der Waals surface area contributed by atoms with Gasteiger partial charge in [0.05, 0.1) is 5.75 Å². The number of nitrogens with zero attached hydrogens (tertiary/aromatic N) is 3. The molecule has 0 radical (unpaired) electrons. The average molecular weight is 261 g/mol. The second kappa shape index (κ2) is 6.67. The fraction of sp³-hybridized carbons (Fsp3) is 0.778. The molecule has 0 aromatic carbocycles. The molecule has 0 amide bonds. The summed E-state index contributed by atoms with van der Waals surface area (Å²) in [4.78, 5) is 0. The first kappa shape index (κ1) is 14.1. The molecule has 0 atom stereocenters. The molecule has 1 aromatic rings. The van der Waals surface area contributed by atoms with E-state index in [1.807, 2.05) is 7.05 Å². The summed E-state index contributed by atoms with van der Waals surface area (Å²) in [5, 5.41) is 7.59. The van der Waals surface area contributed by atoms with E-state index >= 15 is 0 Å². The zero-order chi connectivity index (χ0) is 12.7. The predicted molar refractivity (Wildman–Crippen MR) is 64.8 cm³/mol. The Bertz CT molecular complexity index is 428. The smallest absolute Gasteiger partial charge is 0.211 e. The lowest BCUT2D eigenvalue weighted by atomic mass is 10.3. The van der Waals surface area contributed by atoms with E-state index < -0.39 is 10.0 Å². The summed E-state index contributed by atoms with van der Waals surface area (Å²) in [5.74, 6) is 0.887. The van der Waals surface area contributed by atoms with E-state index in [2.05, 4.69) is 14.9 Å². The summed E-state index contributed by atoms with van der Waals surface area (Å²) in [6, 6.07) is 0. The van der Waals surface area contributed by atoms with Gasteiger partial charge in [-0.05, 0) is 19.4 Å². The van der Waals surface area contributed by atoms with Crippen molar-refractivity contribution in [3.05, 3.63) is 12.2 Å². The molecule has 17 heavy (non-hydrogen) atoms. The van der Waals surface area contributed by atoms with Crippen molar-refractivity contribution in [2.24, 2.45) is 12.8 Å². The second-order valence-corrected chi connectivity index (χ2v) is 5.74. The Balaban J connectivity index is 2.28. The van der Waals surface area contributed by atoms with Crippen LogP contribution in [0, 0.1) is 0 Å². The van der Waals surface area contributed by atoms with Crippen LogP contribution in [-0.4, -0.2) is 42.0 Å². The van der Waals surface area contributed by atoms with Gasteiger partial charge in [0.25, 0.3) is 0 Å². The number of unbranched alkanes of at least 4 members (excludes halogenated alkanes) is 1. The van der Waals surface area contributed by atoms with Crippen molar-refractivity contribution in [2.75, 3.05) is 18.8 Å². The van der Waals surface area contributed by atoms with Crippen molar-refractivity contribution in [1.82, 2.24) is 19.5 Å². The molecule has 0 aliphatic heterocycles. The maximum absolute atomic E-state index is 11.5. The normalized spacial score (nSPS) is 11.9. The van der Waals surface area contributed by atoms with Crippen molar-refractivity contribution in [2.45, 2.75) is 19.3 Å². The molecule has 7 nitrogen and oxygen atoms in total. The zero-order valence-corrected chi connectivity index (χ0v) is 10.8. The van der Waals surface area contributed by atoms with E-state index in [0.29, 0.717) is 25.9 Å². The highest BCUT2D eigenvalue weighted by Crippen LogP contribution is 1.95. The van der Waals surface area contributed by atoms with E-state index in [4.69, 9.17) is 5.73 Å². The third-order valence-corrected chi connectivity index (χ3v) is 3.81. The molecule has 0 fully saturated rings. The molecular formula is C9H19N5O2S. The van der Waals surface area contributed by atoms with Crippen molar-refractivity contribution in [1.29, 1.82) is 0 Å². The van der Waals surface area contributed by atoms with E-state index in [9.17, 15) is 8.42 Å². The van der Waals surface area contributed by atoms with Crippen molar-refractivity contribution in [3.8, 4) is 0 Å². The van der Waals surface area contributed by atoms with Crippen LogP contribution < -0.4 is 10.5 Å². The van der Waals surface area contributed by atoms with Gasteiger partial charge >= 0.3 is 0 Å². The SMILES string of the molecule is Cn1cnnc1CCNS(=O)(=O)CCCCN. The highest BCUT2D eigenvalue weighted by molar-refractivity contribution is 7.89. The Morgan fingerprint density at radius 1 is 1.47 bits per heavy atom. The van der Waals surface area contributed by atoms with E-state index in [1.54, 1.807) is 10.9 Å². The molecular weight excluding hydrogens is 242 g/mol.